The molecule has 31 nitrogen and oxygen atoms in total. The first-order chi connectivity index (χ1) is 36.1. The van der Waals surface area contributed by atoms with E-state index in [1.807, 2.05) is 0 Å². The molecule has 1 aromatic rings. The van der Waals surface area contributed by atoms with Gasteiger partial charge in [-0.1, -0.05) is 0 Å². The average Bonchev–Trinajstić information content (AvgIpc) is 4.07. The first-order valence-corrected chi connectivity index (χ1v) is 30.4. The molecule has 0 saturated carbocycles. The largest absolute Gasteiger partial charge is 0.522 e. The molecule has 5 saturated heterocycles. The molecule has 5 heterocycles. The summed E-state index contributed by atoms with van der Waals surface area (Å²) in [6.45, 7) is -9.43. The lowest BCUT2D eigenvalue weighted by Gasteiger charge is -2.44. The molecule has 21 atom stereocenters. The van der Waals surface area contributed by atoms with Gasteiger partial charge in [-0.25, -0.2) is 9.98 Å². The van der Waals surface area contributed by atoms with Crippen molar-refractivity contribution in [2.45, 2.75) is 136 Å². The quantitative estimate of drug-likeness (QED) is 0.0109. The van der Waals surface area contributed by atoms with Crippen LogP contribution in [-0.2, 0) is 91.0 Å². The van der Waals surface area contributed by atoms with Crippen LogP contribution < -0.4 is 33.0 Å². The zero-order valence-corrected chi connectivity index (χ0v) is 45.9. The van der Waals surface area contributed by atoms with Crippen LogP contribution in [-0.4, -0.2) is 242 Å². The molecule has 0 bridgehead atoms. The van der Waals surface area contributed by atoms with Crippen LogP contribution in [0.1, 0.15) is 26.2 Å². The predicted molar refractivity (Wildman–Crippen MR) is 280 cm³/mol. The number of likely N-dealkylation sites (N-methyl/N-ethyl adjacent to an activating group) is 1. The van der Waals surface area contributed by atoms with Crippen molar-refractivity contribution in [1.29, 1.82) is 0 Å². The van der Waals surface area contributed by atoms with E-state index in [9.17, 15) is 50.6 Å². The van der Waals surface area contributed by atoms with Gasteiger partial charge in [0.15, 0.2) is 58.5 Å². The number of ether oxygens (including phenoxy) is 7. The molecule has 1 aromatic carbocycles. The maximum absolute atomic E-state index is 12.3. The Kier molecular flexibility index (Phi) is 22.7. The summed E-state index contributed by atoms with van der Waals surface area (Å²) in [5.74, 6) is -5.53. The number of phenols is 3. The fraction of sp³-hybridized carbons (Fsp3) is 0.757. The van der Waals surface area contributed by atoms with Crippen LogP contribution in [0.4, 0.5) is 11.4 Å². The van der Waals surface area contributed by atoms with E-state index in [1.54, 1.807) is 0 Å². The number of phenolic OH excluding ortho intramolecular Hbond substituents is 3. The van der Waals surface area contributed by atoms with Crippen LogP contribution in [0.3, 0.4) is 0 Å². The highest BCUT2D eigenvalue weighted by Crippen LogP contribution is 2.57. The highest BCUT2D eigenvalue weighted by atomic mass is 32.5. The Morgan fingerprint density at radius 2 is 1.31 bits per heavy atom. The molecule has 19 N–H and O–H groups in total. The summed E-state index contributed by atoms with van der Waals surface area (Å²) in [7, 11) is 17.1. The van der Waals surface area contributed by atoms with Gasteiger partial charge in [0.25, 0.3) is 0 Å². The maximum atomic E-state index is 12.3. The Labute approximate surface area is 460 Å². The Hall–Kier alpha value is -2.16. The number of guanidine groups is 2. The van der Waals surface area contributed by atoms with E-state index in [0.717, 1.165) is 6.21 Å². The number of aliphatic hydroxyl groups is 5. The molecule has 0 aromatic heterocycles. The van der Waals surface area contributed by atoms with Crippen molar-refractivity contribution in [3.8, 4) is 23.0 Å². The average molecular weight is 1210 g/mol. The van der Waals surface area contributed by atoms with Gasteiger partial charge in [-0.2, -0.15) is 0 Å². The van der Waals surface area contributed by atoms with Gasteiger partial charge in [0.1, 0.15) is 79.6 Å². The van der Waals surface area contributed by atoms with Crippen molar-refractivity contribution in [2.75, 3.05) is 40.2 Å². The molecule has 77 heavy (non-hydrogen) atoms. The minimum atomic E-state index is -4.25. The van der Waals surface area contributed by atoms with E-state index < -0.39 is 196 Å². The molecule has 6 rings (SSSR count). The smallest absolute Gasteiger partial charge is 0.504 e. The number of rotatable bonds is 25. The van der Waals surface area contributed by atoms with Crippen molar-refractivity contribution in [1.82, 2.24) is 5.32 Å². The summed E-state index contributed by atoms with van der Waals surface area (Å²) < 4.78 is 74.6. The topological polar surface area (TPSA) is 475 Å². The van der Waals surface area contributed by atoms with Gasteiger partial charge in [0.2, 0.25) is 23.8 Å². The standard InChI is InChI=1S/C37H58B3N8O23P3S3/c1-12-37(56,32(68-33-25(45-2)29(54)26(51)17(7-50)66-33)34(62-12)67-31-24(48-36(43)44)27(52)23(47-35(41)42)28(53)30(31)55)10-46-11-61-74(58,77)71-15-5-22(40)64-18(15)8-59-72(75)69-13-3-20(38)65-19(13)9-60-73(57,76)70-14-4-21(39)63-16(14)6-49/h10,12-22,25-26,29,32-34,45,49-51,54,56H,3-9,11H2,1-2H3,(H12-,41,42,43,44,47,48,52,53,55,57,58,76,77)/p+1. The van der Waals surface area contributed by atoms with Crippen molar-refractivity contribution < 1.29 is 111 Å². The zero-order chi connectivity index (χ0) is 56.9. The summed E-state index contributed by atoms with van der Waals surface area (Å²) in [5.41, 5.74) is 18.1. The molecular weight excluding hydrogens is 1150 g/mol. The fourth-order valence-corrected chi connectivity index (χ4v) is 12.5. The third kappa shape index (κ3) is 16.1. The Balaban J connectivity index is 1.12. The molecular formula is C37H59B3N8O23P3S3+. The molecule has 6 radical (unpaired) electrons. The van der Waals surface area contributed by atoms with Gasteiger partial charge < -0.3 is 126 Å². The molecule has 0 spiro atoms. The van der Waals surface area contributed by atoms with Gasteiger partial charge >= 0.3 is 20.6 Å². The van der Waals surface area contributed by atoms with Gasteiger partial charge in [-0.3, -0.25) is 9.52 Å². The van der Waals surface area contributed by atoms with Crippen molar-refractivity contribution >= 4 is 109 Å². The first kappa shape index (κ1) is 64.0. The first-order valence-electron chi connectivity index (χ1n) is 23.0. The molecule has 5 aliphatic heterocycles. The van der Waals surface area contributed by atoms with Crippen molar-refractivity contribution in [2.24, 2.45) is 37.9 Å². The van der Waals surface area contributed by atoms with Gasteiger partial charge in [0, 0.05) is 24.2 Å². The van der Waals surface area contributed by atoms with Crippen molar-refractivity contribution in [3.05, 3.63) is 0 Å². The van der Waals surface area contributed by atoms with Crippen LogP contribution in [0.2, 0.25) is 0 Å². The maximum Gasteiger partial charge on any atom is 0.522 e. The SMILES string of the molecule is [B]C1CC(O[P+](=S)OCC2OC([B])CC2OP(O)(=S)OCN=CC2(O)C(C)OC(Oc3c(O)c(O)c(N=C(N)N)c(O)c3N=C(N)N)C2OC2OC(CO)C(O)C(O)C2NC)C(COP(O)(=S)OC2CC([B])OC2CO)O1. The Morgan fingerprint density at radius 3 is 1.90 bits per heavy atom. The molecule has 0 amide bonds. The van der Waals surface area contributed by atoms with E-state index >= 15 is 0 Å². The number of nitrogens with two attached hydrogens (primary N) is 4. The van der Waals surface area contributed by atoms with E-state index in [-0.39, 0.29) is 32.5 Å². The van der Waals surface area contributed by atoms with E-state index in [1.165, 1.54) is 14.0 Å². The second kappa shape index (κ2) is 27.3. The van der Waals surface area contributed by atoms with Crippen LogP contribution in [0.25, 0.3) is 0 Å². The van der Waals surface area contributed by atoms with Gasteiger partial charge in [0.05, 0.1) is 44.2 Å². The van der Waals surface area contributed by atoms with Gasteiger partial charge in [-0.15, -0.1) is 9.05 Å². The van der Waals surface area contributed by atoms with E-state index in [0.29, 0.717) is 0 Å². The lowest BCUT2D eigenvalue weighted by atomic mass is 9.93. The van der Waals surface area contributed by atoms with Crippen molar-refractivity contribution in [3.63, 3.8) is 0 Å². The number of nitrogens with one attached hydrogen (secondary N) is 1. The minimum Gasteiger partial charge on any atom is -0.504 e. The number of nitrogens with zero attached hydrogens (tertiary/aromatic N) is 3. The summed E-state index contributed by atoms with van der Waals surface area (Å²) in [5, 5.41) is 89.2. The second-order valence-corrected chi connectivity index (χ2v) is 25.0. The number of aliphatic hydroxyl groups excluding tert-OH is 4. The molecule has 21 unspecified atom stereocenters. The fourth-order valence-electron chi connectivity index (χ4n) is 8.45. The van der Waals surface area contributed by atoms with Crippen LogP contribution in [0.15, 0.2) is 15.0 Å². The van der Waals surface area contributed by atoms with Gasteiger partial charge in [-0.05, 0) is 56.8 Å². The normalized spacial score (nSPS) is 37.1. The highest BCUT2D eigenvalue weighted by molar-refractivity contribution is 8.07. The number of hydrogen-bond donors (Lipinski definition) is 15. The number of benzene rings is 1. The summed E-state index contributed by atoms with van der Waals surface area (Å²) >= 11 is 15.9. The summed E-state index contributed by atoms with van der Waals surface area (Å²) in [6, 6.07) is -3.71. The number of aromatic hydroxyl groups is 3. The molecule has 40 heteroatoms. The third-order valence-electron chi connectivity index (χ3n) is 12.2. The molecule has 426 valence electrons. The second-order valence-electron chi connectivity index (χ2n) is 17.7. The predicted octanol–water partition coefficient (Wildman–Crippen LogP) is -4.84. The molecule has 5 fully saturated rings. The lowest BCUT2D eigenvalue weighted by Crippen LogP contribution is -2.65. The zero-order valence-electron chi connectivity index (χ0n) is 40.8. The number of aliphatic imine (C=N–C) groups is 3. The van der Waals surface area contributed by atoms with E-state index in [2.05, 4.69) is 20.3 Å². The van der Waals surface area contributed by atoms with Crippen LogP contribution in [0.5, 0.6) is 23.0 Å². The lowest BCUT2D eigenvalue weighted by molar-refractivity contribution is -0.299. The summed E-state index contributed by atoms with van der Waals surface area (Å²) in [4.78, 5) is 33.4. The minimum absolute atomic E-state index is 0.00454. The monoisotopic (exact) mass is 1210 g/mol. The number of hydrogen-bond acceptors (Lipinski definition) is 28. The van der Waals surface area contributed by atoms with E-state index in [4.69, 9.17) is 142 Å². The third-order valence-corrected chi connectivity index (χ3v) is 16.7. The molecule has 5 aliphatic rings. The Morgan fingerprint density at radius 1 is 0.766 bits per heavy atom. The Bertz CT molecular complexity index is 2420. The summed E-state index contributed by atoms with van der Waals surface area (Å²) in [6.07, 6.45) is -15.7. The van der Waals surface area contributed by atoms with Crippen LogP contribution in [0, 0.1) is 0 Å². The molecule has 0 aliphatic carbocycles. The van der Waals surface area contributed by atoms with Crippen LogP contribution >= 0.6 is 20.6 Å². The highest BCUT2D eigenvalue weighted by Gasteiger charge is 2.59.